The molecular formula is C12H19N3OS. The molecule has 1 aromatic rings. The number of carbonyl (C=O) groups excluding carboxylic acids is 1. The van der Waals surface area contributed by atoms with Crippen LogP contribution in [-0.2, 0) is 0 Å². The first-order valence-electron chi connectivity index (χ1n) is 5.96. The fourth-order valence-corrected chi connectivity index (χ4v) is 2.94. The normalized spacial score (nSPS) is 18.3. The molecule has 0 radical (unpaired) electrons. The number of carbonyl (C=O) groups is 1. The fraction of sp³-hybridized carbons (Fsp3) is 0.667. The molecule has 2 rings (SSSR count). The number of amides is 1. The number of piperidine rings is 1. The van der Waals surface area contributed by atoms with Crippen LogP contribution in [0.2, 0.25) is 0 Å². The third kappa shape index (κ3) is 2.84. The lowest BCUT2D eigenvalue weighted by atomic mass is 10.0. The van der Waals surface area contributed by atoms with Crippen LogP contribution in [-0.4, -0.2) is 53.9 Å². The van der Waals surface area contributed by atoms with E-state index < -0.39 is 0 Å². The summed E-state index contributed by atoms with van der Waals surface area (Å²) in [6.07, 6.45) is 3.82. The summed E-state index contributed by atoms with van der Waals surface area (Å²) in [5.41, 5.74) is 0. The molecule has 5 heteroatoms. The van der Waals surface area contributed by atoms with Crippen LogP contribution in [0.4, 0.5) is 0 Å². The summed E-state index contributed by atoms with van der Waals surface area (Å²) in [5, 5.41) is 0.949. The smallest absolute Gasteiger partial charge is 0.265 e. The van der Waals surface area contributed by atoms with Gasteiger partial charge in [0.15, 0.2) is 0 Å². The van der Waals surface area contributed by atoms with Crippen molar-refractivity contribution in [3.8, 4) is 0 Å². The third-order valence-electron chi connectivity index (χ3n) is 3.39. The van der Waals surface area contributed by atoms with E-state index in [0.29, 0.717) is 6.04 Å². The Morgan fingerprint density at radius 3 is 2.71 bits per heavy atom. The zero-order valence-corrected chi connectivity index (χ0v) is 11.5. The van der Waals surface area contributed by atoms with Gasteiger partial charge >= 0.3 is 0 Å². The van der Waals surface area contributed by atoms with Gasteiger partial charge in [0.1, 0.15) is 4.88 Å². The minimum Gasteiger partial charge on any atom is -0.338 e. The lowest BCUT2D eigenvalue weighted by Gasteiger charge is -2.34. The molecule has 1 saturated heterocycles. The summed E-state index contributed by atoms with van der Waals surface area (Å²) in [6, 6.07) is 0.376. The molecule has 0 unspecified atom stereocenters. The van der Waals surface area contributed by atoms with Gasteiger partial charge in [0, 0.05) is 13.1 Å². The van der Waals surface area contributed by atoms with E-state index in [0.717, 1.165) is 35.8 Å². The average molecular weight is 253 g/mol. The molecule has 1 amide bonds. The van der Waals surface area contributed by atoms with E-state index in [1.807, 2.05) is 18.9 Å². The van der Waals surface area contributed by atoms with Crippen LogP contribution in [0.1, 0.15) is 27.5 Å². The van der Waals surface area contributed by atoms with Gasteiger partial charge < -0.3 is 9.80 Å². The summed E-state index contributed by atoms with van der Waals surface area (Å²) < 4.78 is 0. The lowest BCUT2D eigenvalue weighted by molar-refractivity contribution is 0.0664. The molecule has 0 aliphatic carbocycles. The Bertz CT molecular complexity index is 396. The summed E-state index contributed by atoms with van der Waals surface area (Å²) in [7, 11) is 4.04. The van der Waals surface area contributed by atoms with Crippen LogP contribution >= 0.6 is 11.3 Å². The number of likely N-dealkylation sites (tertiary alicyclic amines) is 1. The van der Waals surface area contributed by atoms with Crippen molar-refractivity contribution in [3.63, 3.8) is 0 Å². The first-order chi connectivity index (χ1) is 8.08. The topological polar surface area (TPSA) is 36.4 Å². The Labute approximate surface area is 106 Å². The predicted octanol–water partition coefficient (Wildman–Crippen LogP) is 1.62. The van der Waals surface area contributed by atoms with Crippen molar-refractivity contribution in [2.24, 2.45) is 0 Å². The van der Waals surface area contributed by atoms with Crippen molar-refractivity contribution in [3.05, 3.63) is 16.1 Å². The molecule has 17 heavy (non-hydrogen) atoms. The molecule has 0 atom stereocenters. The highest BCUT2D eigenvalue weighted by Crippen LogP contribution is 2.19. The highest BCUT2D eigenvalue weighted by molar-refractivity contribution is 7.13. The van der Waals surface area contributed by atoms with E-state index in [1.54, 1.807) is 6.20 Å². The Hall–Kier alpha value is -0.940. The molecular weight excluding hydrogens is 234 g/mol. The molecule has 2 heterocycles. The second-order valence-electron chi connectivity index (χ2n) is 4.69. The number of hydrogen-bond acceptors (Lipinski definition) is 4. The highest BCUT2D eigenvalue weighted by Gasteiger charge is 2.25. The molecule has 0 saturated carbocycles. The molecule has 1 aliphatic heterocycles. The quantitative estimate of drug-likeness (QED) is 0.803. The maximum atomic E-state index is 12.2. The maximum Gasteiger partial charge on any atom is 0.265 e. The number of rotatable bonds is 2. The van der Waals surface area contributed by atoms with Crippen LogP contribution in [0.15, 0.2) is 6.20 Å². The molecule has 0 aromatic carbocycles. The number of aryl methyl sites for hydroxylation is 1. The standard InChI is InChI=1S/C12H19N3OS/c1-9-13-8-11(17-9)12(16)15(3)10-4-6-14(2)7-5-10/h8,10H,4-7H2,1-3H3. The van der Waals surface area contributed by atoms with Gasteiger partial charge in [-0.1, -0.05) is 0 Å². The molecule has 0 spiro atoms. The van der Waals surface area contributed by atoms with Crippen molar-refractivity contribution in [2.75, 3.05) is 27.2 Å². The van der Waals surface area contributed by atoms with Gasteiger partial charge in [0.25, 0.3) is 5.91 Å². The molecule has 1 aromatic heterocycles. The van der Waals surface area contributed by atoms with Crippen molar-refractivity contribution < 1.29 is 4.79 Å². The van der Waals surface area contributed by atoms with Gasteiger partial charge in [0.2, 0.25) is 0 Å². The number of aromatic nitrogens is 1. The van der Waals surface area contributed by atoms with E-state index in [1.165, 1.54) is 11.3 Å². The van der Waals surface area contributed by atoms with Crippen LogP contribution in [0.25, 0.3) is 0 Å². The number of nitrogens with zero attached hydrogens (tertiary/aromatic N) is 3. The van der Waals surface area contributed by atoms with Gasteiger partial charge in [-0.2, -0.15) is 0 Å². The van der Waals surface area contributed by atoms with Gasteiger partial charge in [-0.15, -0.1) is 11.3 Å². The Morgan fingerprint density at radius 2 is 2.18 bits per heavy atom. The second kappa shape index (κ2) is 5.14. The molecule has 4 nitrogen and oxygen atoms in total. The van der Waals surface area contributed by atoms with Gasteiger partial charge in [0.05, 0.1) is 11.2 Å². The van der Waals surface area contributed by atoms with Crippen LogP contribution in [0.3, 0.4) is 0 Å². The second-order valence-corrected chi connectivity index (χ2v) is 5.93. The van der Waals surface area contributed by atoms with Crippen molar-refractivity contribution in [1.29, 1.82) is 0 Å². The van der Waals surface area contributed by atoms with Crippen molar-refractivity contribution >= 4 is 17.2 Å². The van der Waals surface area contributed by atoms with Crippen LogP contribution in [0.5, 0.6) is 0 Å². The Balaban J connectivity index is 2.00. The zero-order chi connectivity index (χ0) is 12.4. The zero-order valence-electron chi connectivity index (χ0n) is 10.6. The van der Waals surface area contributed by atoms with Crippen LogP contribution in [0, 0.1) is 6.92 Å². The Kier molecular flexibility index (Phi) is 3.79. The average Bonchev–Trinajstić information content (AvgIpc) is 2.75. The van der Waals surface area contributed by atoms with E-state index in [2.05, 4.69) is 16.9 Å². The van der Waals surface area contributed by atoms with Gasteiger partial charge in [-0.3, -0.25) is 4.79 Å². The monoisotopic (exact) mass is 253 g/mol. The minimum atomic E-state index is 0.116. The van der Waals surface area contributed by atoms with E-state index in [-0.39, 0.29) is 5.91 Å². The van der Waals surface area contributed by atoms with E-state index in [9.17, 15) is 4.79 Å². The number of hydrogen-bond donors (Lipinski definition) is 0. The van der Waals surface area contributed by atoms with Crippen molar-refractivity contribution in [1.82, 2.24) is 14.8 Å². The molecule has 1 aliphatic rings. The molecule has 1 fully saturated rings. The molecule has 0 N–H and O–H groups in total. The summed E-state index contributed by atoms with van der Waals surface area (Å²) in [4.78, 5) is 21.3. The summed E-state index contributed by atoms with van der Waals surface area (Å²) >= 11 is 1.48. The van der Waals surface area contributed by atoms with Crippen molar-refractivity contribution in [2.45, 2.75) is 25.8 Å². The lowest BCUT2D eigenvalue weighted by Crippen LogP contribution is -2.44. The molecule has 0 bridgehead atoms. The highest BCUT2D eigenvalue weighted by atomic mass is 32.1. The first kappa shape index (κ1) is 12.5. The van der Waals surface area contributed by atoms with Crippen LogP contribution < -0.4 is 0 Å². The van der Waals surface area contributed by atoms with E-state index in [4.69, 9.17) is 0 Å². The summed E-state index contributed by atoms with van der Waals surface area (Å²) in [5.74, 6) is 0.116. The van der Waals surface area contributed by atoms with Gasteiger partial charge in [-0.05, 0) is 39.9 Å². The Morgan fingerprint density at radius 1 is 1.53 bits per heavy atom. The predicted molar refractivity (Wildman–Crippen MR) is 69.5 cm³/mol. The van der Waals surface area contributed by atoms with Gasteiger partial charge in [-0.25, -0.2) is 4.98 Å². The number of thiazole rings is 1. The first-order valence-corrected chi connectivity index (χ1v) is 6.77. The minimum absolute atomic E-state index is 0.116. The fourth-order valence-electron chi connectivity index (χ4n) is 2.18. The maximum absolute atomic E-state index is 12.2. The molecule has 94 valence electrons. The largest absolute Gasteiger partial charge is 0.338 e. The third-order valence-corrected chi connectivity index (χ3v) is 4.29. The SMILES string of the molecule is Cc1ncc(C(=O)N(C)C2CCN(C)CC2)s1. The van der Waals surface area contributed by atoms with E-state index >= 15 is 0 Å². The summed E-state index contributed by atoms with van der Waals surface area (Å²) in [6.45, 7) is 4.07.